The number of hydrogen-bond acceptors (Lipinski definition) is 6. The van der Waals surface area contributed by atoms with Crippen molar-refractivity contribution in [3.8, 4) is 11.4 Å². The van der Waals surface area contributed by atoms with Gasteiger partial charge in [-0.1, -0.05) is 0 Å². The van der Waals surface area contributed by atoms with Crippen molar-refractivity contribution in [3.05, 3.63) is 45.8 Å². The van der Waals surface area contributed by atoms with Crippen LogP contribution >= 0.6 is 11.3 Å². The highest BCUT2D eigenvalue weighted by Crippen LogP contribution is 2.25. The summed E-state index contributed by atoms with van der Waals surface area (Å²) in [5, 5.41) is 10.9. The quantitative estimate of drug-likeness (QED) is 0.722. The normalized spacial score (nSPS) is 14.4. The van der Waals surface area contributed by atoms with E-state index in [2.05, 4.69) is 9.97 Å². The van der Waals surface area contributed by atoms with Crippen LogP contribution < -0.4 is 5.56 Å². The number of carboxylic acid groups (broad SMARTS) is 1. The van der Waals surface area contributed by atoms with Gasteiger partial charge in [-0.15, -0.1) is 11.3 Å². The fraction of sp³-hybridized carbons (Fsp3) is 0.316. The fourth-order valence-electron chi connectivity index (χ4n) is 3.42. The lowest BCUT2D eigenvalue weighted by molar-refractivity contribution is -0.132. The van der Waals surface area contributed by atoms with Gasteiger partial charge in [-0.2, -0.15) is 0 Å². The first-order chi connectivity index (χ1) is 13.6. The van der Waals surface area contributed by atoms with Gasteiger partial charge in [0.05, 0.1) is 10.9 Å². The maximum Gasteiger partial charge on any atom is 0.337 e. The summed E-state index contributed by atoms with van der Waals surface area (Å²) in [5.74, 6) is -1.04. The van der Waals surface area contributed by atoms with E-state index in [4.69, 9.17) is 0 Å². The minimum Gasteiger partial charge on any atom is -0.478 e. The molecule has 0 radical (unpaired) electrons. The first-order valence-electron chi connectivity index (χ1n) is 9.00. The van der Waals surface area contributed by atoms with Gasteiger partial charge in [0.1, 0.15) is 17.2 Å². The Hall–Kier alpha value is -3.07. The third-order valence-corrected chi connectivity index (χ3v) is 5.72. The molecule has 9 heteroatoms. The van der Waals surface area contributed by atoms with Crippen LogP contribution in [0.3, 0.4) is 0 Å². The molecule has 0 saturated carbocycles. The number of piperidine rings is 1. The highest BCUT2D eigenvalue weighted by atomic mass is 32.1. The highest BCUT2D eigenvalue weighted by molar-refractivity contribution is 7.17. The Balaban J connectivity index is 1.86. The number of carbonyl (C=O) groups is 2. The zero-order valence-corrected chi connectivity index (χ0v) is 15.8. The Morgan fingerprint density at radius 2 is 2.00 bits per heavy atom. The maximum absolute atomic E-state index is 13.2. The van der Waals surface area contributed by atoms with Crippen LogP contribution in [0, 0.1) is 0 Å². The minimum atomic E-state index is -1.19. The SMILES string of the molecule is O=C(O)c1csc2nc(-c3cccnc3)n(CC(=O)N3CCCCC3)c(=O)c12. The molecule has 1 saturated heterocycles. The van der Waals surface area contributed by atoms with Crippen LogP contribution in [0.1, 0.15) is 29.6 Å². The molecule has 1 fully saturated rings. The van der Waals surface area contributed by atoms with Gasteiger partial charge in [0.2, 0.25) is 5.91 Å². The molecule has 1 amide bonds. The fourth-order valence-corrected chi connectivity index (χ4v) is 4.32. The average Bonchev–Trinajstić information content (AvgIpc) is 3.16. The number of carbonyl (C=O) groups excluding carboxylic acids is 1. The summed E-state index contributed by atoms with van der Waals surface area (Å²) in [6.07, 6.45) is 6.16. The lowest BCUT2D eigenvalue weighted by atomic mass is 10.1. The molecule has 28 heavy (non-hydrogen) atoms. The van der Waals surface area contributed by atoms with Crippen molar-refractivity contribution in [3.63, 3.8) is 0 Å². The Labute approximate surface area is 164 Å². The van der Waals surface area contributed by atoms with Gasteiger partial charge < -0.3 is 10.0 Å². The number of thiophene rings is 1. The Morgan fingerprint density at radius 1 is 1.21 bits per heavy atom. The molecule has 0 spiro atoms. The third-order valence-electron chi connectivity index (χ3n) is 4.85. The number of nitrogens with zero attached hydrogens (tertiary/aromatic N) is 4. The number of hydrogen-bond donors (Lipinski definition) is 1. The molecule has 0 atom stereocenters. The predicted molar refractivity (Wildman–Crippen MR) is 105 cm³/mol. The summed E-state index contributed by atoms with van der Waals surface area (Å²) < 4.78 is 1.27. The standard InChI is InChI=1S/C19H18N4O4S/c24-14(22-7-2-1-3-8-22)10-23-16(12-5-4-6-20-9-12)21-17-15(18(23)25)13(11-28-17)19(26)27/h4-6,9,11H,1-3,7-8,10H2,(H,26,27). The van der Waals surface area contributed by atoms with Gasteiger partial charge in [0, 0.05) is 36.4 Å². The molecule has 1 aliphatic heterocycles. The lowest BCUT2D eigenvalue weighted by Crippen LogP contribution is -2.40. The summed E-state index contributed by atoms with van der Waals surface area (Å²) in [6.45, 7) is 1.16. The molecule has 0 unspecified atom stereocenters. The number of aromatic carboxylic acids is 1. The summed E-state index contributed by atoms with van der Waals surface area (Å²) in [6, 6.07) is 3.48. The van der Waals surface area contributed by atoms with Crippen LogP contribution in [0.25, 0.3) is 21.6 Å². The topological polar surface area (TPSA) is 105 Å². The van der Waals surface area contributed by atoms with E-state index in [1.807, 2.05) is 0 Å². The average molecular weight is 398 g/mol. The molecule has 1 N–H and O–H groups in total. The van der Waals surface area contributed by atoms with Crippen LogP contribution in [-0.4, -0.2) is 49.5 Å². The van der Waals surface area contributed by atoms with Gasteiger partial charge in [-0.25, -0.2) is 9.78 Å². The second-order valence-electron chi connectivity index (χ2n) is 6.64. The summed E-state index contributed by atoms with van der Waals surface area (Å²) in [5.41, 5.74) is -0.0134. The molecular weight excluding hydrogens is 380 g/mol. The monoisotopic (exact) mass is 398 g/mol. The number of pyridine rings is 1. The maximum atomic E-state index is 13.2. The molecule has 0 aliphatic carbocycles. The second kappa shape index (κ2) is 7.51. The van der Waals surface area contributed by atoms with Crippen LogP contribution in [0.2, 0.25) is 0 Å². The van der Waals surface area contributed by atoms with Crippen molar-refractivity contribution in [1.82, 2.24) is 19.4 Å². The lowest BCUT2D eigenvalue weighted by Gasteiger charge is -2.27. The van der Waals surface area contributed by atoms with E-state index in [0.717, 1.165) is 30.6 Å². The van der Waals surface area contributed by atoms with Crippen molar-refractivity contribution in [2.45, 2.75) is 25.8 Å². The zero-order chi connectivity index (χ0) is 19.7. The van der Waals surface area contributed by atoms with Crippen molar-refractivity contribution in [1.29, 1.82) is 0 Å². The van der Waals surface area contributed by atoms with E-state index in [0.29, 0.717) is 29.3 Å². The van der Waals surface area contributed by atoms with Crippen LogP contribution in [0.4, 0.5) is 0 Å². The second-order valence-corrected chi connectivity index (χ2v) is 7.50. The predicted octanol–water partition coefficient (Wildman–Crippen LogP) is 2.23. The Morgan fingerprint density at radius 3 is 2.68 bits per heavy atom. The summed E-state index contributed by atoms with van der Waals surface area (Å²) in [7, 11) is 0. The summed E-state index contributed by atoms with van der Waals surface area (Å²) in [4.78, 5) is 48.2. The van der Waals surface area contributed by atoms with Crippen molar-refractivity contribution in [2.75, 3.05) is 13.1 Å². The number of carboxylic acids is 1. The molecular formula is C19H18N4O4S. The van der Waals surface area contributed by atoms with E-state index in [-0.39, 0.29) is 23.4 Å². The molecule has 8 nitrogen and oxygen atoms in total. The number of amides is 1. The van der Waals surface area contributed by atoms with Crippen molar-refractivity contribution in [2.24, 2.45) is 0 Å². The molecule has 1 aliphatic rings. The highest BCUT2D eigenvalue weighted by Gasteiger charge is 2.23. The zero-order valence-electron chi connectivity index (χ0n) is 15.0. The van der Waals surface area contributed by atoms with Gasteiger partial charge in [-0.05, 0) is 31.4 Å². The molecule has 0 aromatic carbocycles. The van der Waals surface area contributed by atoms with Crippen LogP contribution in [0.5, 0.6) is 0 Å². The van der Waals surface area contributed by atoms with E-state index in [9.17, 15) is 19.5 Å². The number of aromatic nitrogens is 3. The molecule has 3 aromatic rings. The molecule has 0 bridgehead atoms. The first-order valence-corrected chi connectivity index (χ1v) is 9.87. The van der Waals surface area contributed by atoms with Gasteiger partial charge >= 0.3 is 5.97 Å². The van der Waals surface area contributed by atoms with Crippen LogP contribution in [0.15, 0.2) is 34.7 Å². The van der Waals surface area contributed by atoms with Gasteiger partial charge in [-0.3, -0.25) is 19.1 Å². The van der Waals surface area contributed by atoms with Crippen molar-refractivity contribution < 1.29 is 14.7 Å². The number of likely N-dealkylation sites (tertiary alicyclic amines) is 1. The van der Waals surface area contributed by atoms with E-state index < -0.39 is 11.5 Å². The van der Waals surface area contributed by atoms with Crippen LogP contribution in [-0.2, 0) is 11.3 Å². The van der Waals surface area contributed by atoms with E-state index in [1.165, 1.54) is 9.95 Å². The third kappa shape index (κ3) is 3.29. The molecule has 144 valence electrons. The Kier molecular flexibility index (Phi) is 4.91. The largest absolute Gasteiger partial charge is 0.478 e. The van der Waals surface area contributed by atoms with Gasteiger partial charge in [0.25, 0.3) is 5.56 Å². The van der Waals surface area contributed by atoms with Crippen molar-refractivity contribution >= 4 is 33.4 Å². The van der Waals surface area contributed by atoms with E-state index in [1.54, 1.807) is 29.4 Å². The first kappa shape index (κ1) is 18.3. The minimum absolute atomic E-state index is 0.0385. The number of fused-ring (bicyclic) bond motifs is 1. The summed E-state index contributed by atoms with van der Waals surface area (Å²) >= 11 is 1.10. The molecule has 4 rings (SSSR count). The van der Waals surface area contributed by atoms with Gasteiger partial charge in [0.15, 0.2) is 0 Å². The Bertz CT molecular complexity index is 1100. The van der Waals surface area contributed by atoms with E-state index >= 15 is 0 Å². The molecule has 3 aromatic heterocycles. The molecule has 4 heterocycles. The smallest absolute Gasteiger partial charge is 0.337 e. The number of rotatable bonds is 4.